The van der Waals surface area contributed by atoms with Gasteiger partial charge in [0, 0.05) is 10.6 Å². The zero-order valence-electron chi connectivity index (χ0n) is 17.5. The van der Waals surface area contributed by atoms with Crippen LogP contribution in [-0.2, 0) is 4.79 Å². The minimum Gasteiger partial charge on any atom is -0.335 e. The first-order valence-corrected chi connectivity index (χ1v) is 12.3. The number of para-hydroxylation sites is 1. The van der Waals surface area contributed by atoms with E-state index in [1.807, 2.05) is 59.5 Å². The van der Waals surface area contributed by atoms with Gasteiger partial charge in [-0.2, -0.15) is 0 Å². The lowest BCUT2D eigenvalue weighted by Gasteiger charge is -2.37. The number of carbonyl (C=O) groups is 1. The molecule has 166 valence electrons. The number of benzene rings is 3. The summed E-state index contributed by atoms with van der Waals surface area (Å²) >= 11 is 2.94. The van der Waals surface area contributed by atoms with Crippen LogP contribution in [0.4, 0.5) is 10.1 Å². The average Bonchev–Trinajstić information content (AvgIpc) is 3.22. The minimum absolute atomic E-state index is 0.0583. The maximum absolute atomic E-state index is 14.2. The molecule has 0 saturated carbocycles. The Morgan fingerprint density at radius 2 is 1.76 bits per heavy atom. The second kappa shape index (κ2) is 9.29. The topological polar surface area (TPSA) is 77.0 Å². The van der Waals surface area contributed by atoms with Gasteiger partial charge < -0.3 is 10.7 Å². The van der Waals surface area contributed by atoms with Crippen LogP contribution in [0.5, 0.6) is 0 Å². The van der Waals surface area contributed by atoms with E-state index in [0.717, 1.165) is 21.9 Å². The molecule has 0 bridgehead atoms. The molecule has 9 heteroatoms. The third kappa shape index (κ3) is 4.21. The van der Waals surface area contributed by atoms with Gasteiger partial charge in [-0.25, -0.2) is 9.07 Å². The Hall–Kier alpha value is -3.30. The monoisotopic (exact) mass is 477 g/mol. The van der Waals surface area contributed by atoms with Crippen molar-refractivity contribution in [3.63, 3.8) is 0 Å². The molecule has 6 nitrogen and oxygen atoms in total. The van der Waals surface area contributed by atoms with E-state index in [2.05, 4.69) is 10.2 Å². The number of rotatable bonds is 5. The Kier molecular flexibility index (Phi) is 6.06. The summed E-state index contributed by atoms with van der Waals surface area (Å²) in [6.07, 6.45) is 0. The standard InChI is InChI=1S/C24H20FN5OS2/c25-18-11-5-4-10-17(18)23-27-28-24(30(23)26)33-15-22(31)29-19-12-6-7-13-21(19)32-14-20(29)16-8-2-1-3-9-16/h1-13,20H,14-15,26H2. The number of amides is 1. The lowest BCUT2D eigenvalue weighted by atomic mass is 10.1. The Bertz CT molecular complexity index is 1300. The zero-order valence-corrected chi connectivity index (χ0v) is 19.1. The van der Waals surface area contributed by atoms with Crippen molar-refractivity contribution in [2.75, 3.05) is 22.2 Å². The van der Waals surface area contributed by atoms with Crippen molar-refractivity contribution >= 4 is 35.1 Å². The molecule has 1 amide bonds. The largest absolute Gasteiger partial charge is 0.335 e. The van der Waals surface area contributed by atoms with Crippen molar-refractivity contribution in [3.05, 3.63) is 90.2 Å². The van der Waals surface area contributed by atoms with Crippen molar-refractivity contribution in [3.8, 4) is 11.4 Å². The maximum atomic E-state index is 14.2. The highest BCUT2D eigenvalue weighted by molar-refractivity contribution is 8.00. The van der Waals surface area contributed by atoms with E-state index in [0.29, 0.717) is 5.16 Å². The van der Waals surface area contributed by atoms with E-state index in [9.17, 15) is 9.18 Å². The molecule has 3 aromatic carbocycles. The Balaban J connectivity index is 1.40. The Morgan fingerprint density at radius 1 is 1.03 bits per heavy atom. The van der Waals surface area contributed by atoms with Crippen molar-refractivity contribution in [2.24, 2.45) is 0 Å². The second-order valence-corrected chi connectivity index (χ2v) is 9.42. The Morgan fingerprint density at radius 3 is 2.58 bits per heavy atom. The van der Waals surface area contributed by atoms with E-state index in [1.54, 1.807) is 30.0 Å². The molecule has 0 aliphatic carbocycles. The summed E-state index contributed by atoms with van der Waals surface area (Å²) in [5.74, 6) is 6.75. The van der Waals surface area contributed by atoms with Gasteiger partial charge in [0.25, 0.3) is 0 Å². The van der Waals surface area contributed by atoms with E-state index in [1.165, 1.54) is 22.5 Å². The van der Waals surface area contributed by atoms with Crippen LogP contribution in [0.25, 0.3) is 11.4 Å². The maximum Gasteiger partial charge on any atom is 0.238 e. The van der Waals surface area contributed by atoms with Gasteiger partial charge in [-0.1, -0.05) is 66.4 Å². The van der Waals surface area contributed by atoms with E-state index in [4.69, 9.17) is 5.84 Å². The number of hydrogen-bond donors (Lipinski definition) is 1. The predicted octanol–water partition coefficient (Wildman–Crippen LogP) is 4.77. The number of anilines is 1. The minimum atomic E-state index is -0.433. The molecule has 1 unspecified atom stereocenters. The fraction of sp³-hybridized carbons (Fsp3) is 0.125. The smallest absolute Gasteiger partial charge is 0.238 e. The molecule has 1 aliphatic rings. The predicted molar refractivity (Wildman–Crippen MR) is 130 cm³/mol. The molecule has 0 radical (unpaired) electrons. The molecule has 5 rings (SSSR count). The van der Waals surface area contributed by atoms with Gasteiger partial charge in [-0.3, -0.25) is 4.79 Å². The molecule has 4 aromatic rings. The molecule has 0 spiro atoms. The van der Waals surface area contributed by atoms with Crippen LogP contribution in [0.3, 0.4) is 0 Å². The van der Waals surface area contributed by atoms with Gasteiger partial charge in [0.05, 0.1) is 23.0 Å². The molecule has 1 aliphatic heterocycles. The third-order valence-electron chi connectivity index (χ3n) is 5.39. The van der Waals surface area contributed by atoms with Gasteiger partial charge in [0.15, 0.2) is 5.82 Å². The number of thioether (sulfide) groups is 2. The van der Waals surface area contributed by atoms with Crippen molar-refractivity contribution < 1.29 is 9.18 Å². The number of nitrogens with two attached hydrogens (primary N) is 1. The quantitative estimate of drug-likeness (QED) is 0.330. The van der Waals surface area contributed by atoms with Crippen LogP contribution in [0.2, 0.25) is 0 Å². The molecule has 33 heavy (non-hydrogen) atoms. The molecule has 1 atom stereocenters. The zero-order chi connectivity index (χ0) is 22.8. The molecule has 1 aromatic heterocycles. The second-order valence-electron chi connectivity index (χ2n) is 7.41. The Labute approximate surface area is 199 Å². The highest BCUT2D eigenvalue weighted by Gasteiger charge is 2.32. The molecule has 2 N–H and O–H groups in total. The van der Waals surface area contributed by atoms with Crippen LogP contribution < -0.4 is 10.7 Å². The van der Waals surface area contributed by atoms with E-state index < -0.39 is 5.82 Å². The summed E-state index contributed by atoms with van der Waals surface area (Å²) in [6, 6.07) is 24.1. The first-order chi connectivity index (χ1) is 16.1. The third-order valence-corrected chi connectivity index (χ3v) is 7.46. The van der Waals surface area contributed by atoms with Crippen LogP contribution in [0, 0.1) is 5.82 Å². The summed E-state index contributed by atoms with van der Waals surface area (Å²) in [4.78, 5) is 16.4. The number of carbonyl (C=O) groups excluding carboxylic acids is 1. The summed E-state index contributed by atoms with van der Waals surface area (Å²) in [7, 11) is 0. The average molecular weight is 478 g/mol. The summed E-state index contributed by atoms with van der Waals surface area (Å²) in [5, 5.41) is 8.46. The van der Waals surface area contributed by atoms with Crippen molar-refractivity contribution in [1.29, 1.82) is 0 Å². The van der Waals surface area contributed by atoms with Gasteiger partial charge in [-0.05, 0) is 29.8 Å². The number of nitrogen functional groups attached to an aromatic ring is 1. The van der Waals surface area contributed by atoms with Crippen LogP contribution in [-0.4, -0.2) is 32.3 Å². The highest BCUT2D eigenvalue weighted by Crippen LogP contribution is 2.43. The lowest BCUT2D eigenvalue weighted by molar-refractivity contribution is -0.116. The van der Waals surface area contributed by atoms with E-state index >= 15 is 0 Å². The van der Waals surface area contributed by atoms with Gasteiger partial charge >= 0.3 is 0 Å². The summed E-state index contributed by atoms with van der Waals surface area (Å²) in [5.41, 5.74) is 2.24. The fourth-order valence-corrected chi connectivity index (χ4v) is 5.70. The normalized spacial score (nSPS) is 15.3. The fourth-order valence-electron chi connectivity index (χ4n) is 3.82. The van der Waals surface area contributed by atoms with E-state index in [-0.39, 0.29) is 29.1 Å². The van der Waals surface area contributed by atoms with Crippen molar-refractivity contribution in [2.45, 2.75) is 16.1 Å². The highest BCUT2D eigenvalue weighted by atomic mass is 32.2. The number of fused-ring (bicyclic) bond motifs is 1. The first kappa shape index (κ1) is 21.5. The molecule has 2 heterocycles. The SMILES string of the molecule is Nn1c(SCC(=O)N2c3ccccc3SCC2c2ccccc2)nnc1-c1ccccc1F. The summed E-state index contributed by atoms with van der Waals surface area (Å²) in [6.45, 7) is 0. The summed E-state index contributed by atoms with van der Waals surface area (Å²) < 4.78 is 15.4. The number of nitrogens with zero attached hydrogens (tertiary/aromatic N) is 4. The van der Waals surface area contributed by atoms with Crippen LogP contribution in [0.15, 0.2) is 88.9 Å². The molecular weight excluding hydrogens is 457 g/mol. The number of aromatic nitrogens is 3. The van der Waals surface area contributed by atoms with Crippen molar-refractivity contribution in [1.82, 2.24) is 14.9 Å². The van der Waals surface area contributed by atoms with Crippen LogP contribution in [0.1, 0.15) is 11.6 Å². The number of halogens is 1. The van der Waals surface area contributed by atoms with Gasteiger partial charge in [0.1, 0.15) is 5.82 Å². The van der Waals surface area contributed by atoms with Gasteiger partial charge in [-0.15, -0.1) is 22.0 Å². The first-order valence-electron chi connectivity index (χ1n) is 10.3. The lowest BCUT2D eigenvalue weighted by Crippen LogP contribution is -2.39. The number of hydrogen-bond acceptors (Lipinski definition) is 6. The molecule has 0 fully saturated rings. The molecular formula is C24H20FN5OS2. The van der Waals surface area contributed by atoms with Gasteiger partial charge in [0.2, 0.25) is 11.1 Å². The van der Waals surface area contributed by atoms with Crippen LogP contribution >= 0.6 is 23.5 Å². The molecule has 0 saturated heterocycles.